The first-order chi connectivity index (χ1) is 11.1. The number of nitrogens with one attached hydrogen (secondary N) is 1. The van der Waals surface area contributed by atoms with Crippen LogP contribution in [0.5, 0.6) is 0 Å². The Kier molecular flexibility index (Phi) is 4.79. The Hall–Kier alpha value is -2.11. The quantitative estimate of drug-likeness (QED) is 0.936. The first-order valence-electron chi connectivity index (χ1n) is 7.47. The second-order valence-corrected chi connectivity index (χ2v) is 5.86. The van der Waals surface area contributed by atoms with Gasteiger partial charge in [0.05, 0.1) is 12.7 Å². The molecule has 1 aromatic heterocycles. The molecule has 5 nitrogen and oxygen atoms in total. The zero-order valence-corrected chi connectivity index (χ0v) is 13.3. The molecule has 1 aliphatic heterocycles. The number of carbonyl (C=O) groups is 1. The lowest BCUT2D eigenvalue weighted by Crippen LogP contribution is -2.47. The van der Waals surface area contributed by atoms with E-state index in [1.165, 1.54) is 6.20 Å². The van der Waals surface area contributed by atoms with E-state index in [9.17, 15) is 9.59 Å². The minimum atomic E-state index is -0.369. The Morgan fingerprint density at radius 2 is 2.13 bits per heavy atom. The van der Waals surface area contributed by atoms with Crippen molar-refractivity contribution in [3.8, 4) is 0 Å². The van der Waals surface area contributed by atoms with Crippen LogP contribution < -0.4 is 5.56 Å². The van der Waals surface area contributed by atoms with E-state index in [0.29, 0.717) is 31.1 Å². The lowest BCUT2D eigenvalue weighted by molar-refractivity contribution is -0.0208. The molecule has 1 aromatic carbocycles. The third-order valence-corrected chi connectivity index (χ3v) is 4.25. The molecule has 0 saturated carbocycles. The van der Waals surface area contributed by atoms with Crippen molar-refractivity contribution in [3.63, 3.8) is 0 Å². The third kappa shape index (κ3) is 3.63. The van der Waals surface area contributed by atoms with Crippen molar-refractivity contribution in [1.82, 2.24) is 9.88 Å². The van der Waals surface area contributed by atoms with Crippen LogP contribution in [0.4, 0.5) is 0 Å². The first kappa shape index (κ1) is 15.8. The highest BCUT2D eigenvalue weighted by atomic mass is 35.5. The van der Waals surface area contributed by atoms with E-state index in [-0.39, 0.29) is 23.1 Å². The topological polar surface area (TPSA) is 62.4 Å². The van der Waals surface area contributed by atoms with Crippen LogP contribution in [0.2, 0.25) is 5.02 Å². The molecule has 1 N–H and O–H groups in total. The van der Waals surface area contributed by atoms with Gasteiger partial charge in [-0.1, -0.05) is 29.8 Å². The fraction of sp³-hybridized carbons (Fsp3) is 0.294. The number of aromatic amines is 1. The van der Waals surface area contributed by atoms with Gasteiger partial charge in [-0.05, 0) is 23.8 Å². The summed E-state index contributed by atoms with van der Waals surface area (Å²) in [5.74, 6) is -0.265. The van der Waals surface area contributed by atoms with E-state index in [2.05, 4.69) is 4.98 Å². The zero-order valence-electron chi connectivity index (χ0n) is 12.5. The SMILES string of the molecule is O=C(c1ccc[nH]c1=O)N1CCO[C@@H](Cc2ccccc2Cl)C1. The van der Waals surface area contributed by atoms with E-state index in [1.807, 2.05) is 24.3 Å². The number of benzene rings is 1. The molecular formula is C17H17ClN2O3. The van der Waals surface area contributed by atoms with Crippen molar-refractivity contribution in [2.24, 2.45) is 0 Å². The molecule has 120 valence electrons. The van der Waals surface area contributed by atoms with E-state index in [1.54, 1.807) is 17.0 Å². The summed E-state index contributed by atoms with van der Waals surface area (Å²) < 4.78 is 5.74. The summed E-state index contributed by atoms with van der Waals surface area (Å²) in [4.78, 5) is 28.5. The molecule has 23 heavy (non-hydrogen) atoms. The molecular weight excluding hydrogens is 316 g/mol. The largest absolute Gasteiger partial charge is 0.374 e. The smallest absolute Gasteiger partial charge is 0.260 e. The fourth-order valence-electron chi connectivity index (χ4n) is 2.70. The second-order valence-electron chi connectivity index (χ2n) is 5.45. The number of hydrogen-bond acceptors (Lipinski definition) is 3. The van der Waals surface area contributed by atoms with Crippen LogP contribution >= 0.6 is 11.6 Å². The molecule has 0 aliphatic carbocycles. The van der Waals surface area contributed by atoms with Gasteiger partial charge < -0.3 is 14.6 Å². The van der Waals surface area contributed by atoms with Gasteiger partial charge in [-0.15, -0.1) is 0 Å². The van der Waals surface area contributed by atoms with Crippen LogP contribution in [0.25, 0.3) is 0 Å². The summed E-state index contributed by atoms with van der Waals surface area (Å²) in [6.45, 7) is 1.37. The molecule has 1 aliphatic rings. The standard InChI is InChI=1S/C17H17ClN2O3/c18-15-6-2-1-4-12(15)10-13-11-20(8-9-23-13)17(22)14-5-3-7-19-16(14)21/h1-7,13H,8-11H2,(H,19,21)/t13-/m0/s1. The van der Waals surface area contributed by atoms with Gasteiger partial charge in [-0.25, -0.2) is 0 Å². The Bertz CT molecular complexity index is 759. The number of carbonyl (C=O) groups excluding carboxylic acids is 1. The molecule has 1 fully saturated rings. The van der Waals surface area contributed by atoms with Crippen molar-refractivity contribution >= 4 is 17.5 Å². The lowest BCUT2D eigenvalue weighted by Gasteiger charge is -2.33. The molecule has 0 spiro atoms. The van der Waals surface area contributed by atoms with Crippen LogP contribution in [-0.4, -0.2) is 41.6 Å². The molecule has 1 amide bonds. The molecule has 3 rings (SSSR count). The summed E-state index contributed by atoms with van der Waals surface area (Å²) in [5, 5.41) is 0.694. The van der Waals surface area contributed by atoms with Crippen LogP contribution in [0.1, 0.15) is 15.9 Å². The molecule has 0 bridgehead atoms. The minimum absolute atomic E-state index is 0.129. The third-order valence-electron chi connectivity index (χ3n) is 3.88. The summed E-state index contributed by atoms with van der Waals surface area (Å²) >= 11 is 6.18. The normalized spacial score (nSPS) is 18.0. The number of H-pyrrole nitrogens is 1. The molecule has 0 radical (unpaired) electrons. The van der Waals surface area contributed by atoms with Gasteiger partial charge in [0.2, 0.25) is 0 Å². The van der Waals surface area contributed by atoms with Crippen molar-refractivity contribution < 1.29 is 9.53 Å². The van der Waals surface area contributed by atoms with Crippen molar-refractivity contribution in [2.75, 3.05) is 19.7 Å². The number of halogens is 1. The fourth-order valence-corrected chi connectivity index (χ4v) is 2.91. The predicted octanol–water partition coefficient (Wildman–Crippen LogP) is 2.11. The van der Waals surface area contributed by atoms with E-state index in [0.717, 1.165) is 5.56 Å². The molecule has 2 heterocycles. The van der Waals surface area contributed by atoms with Crippen LogP contribution in [-0.2, 0) is 11.2 Å². The minimum Gasteiger partial charge on any atom is -0.374 e. The number of aromatic nitrogens is 1. The number of pyridine rings is 1. The average Bonchev–Trinajstić information content (AvgIpc) is 2.57. The summed E-state index contributed by atoms with van der Waals surface area (Å²) in [7, 11) is 0. The summed E-state index contributed by atoms with van der Waals surface area (Å²) in [5.41, 5.74) is 0.781. The zero-order chi connectivity index (χ0) is 16.2. The number of morpholine rings is 1. The molecule has 6 heteroatoms. The highest BCUT2D eigenvalue weighted by Gasteiger charge is 2.26. The Balaban J connectivity index is 1.71. The van der Waals surface area contributed by atoms with Gasteiger partial charge in [0.15, 0.2) is 0 Å². The van der Waals surface area contributed by atoms with Gasteiger partial charge >= 0.3 is 0 Å². The van der Waals surface area contributed by atoms with Gasteiger partial charge in [0.1, 0.15) is 5.56 Å². The molecule has 1 atom stereocenters. The molecule has 1 saturated heterocycles. The maximum atomic E-state index is 12.5. The number of ether oxygens (including phenoxy) is 1. The predicted molar refractivity (Wildman–Crippen MR) is 87.9 cm³/mol. The van der Waals surface area contributed by atoms with Crippen molar-refractivity contribution in [1.29, 1.82) is 0 Å². The number of rotatable bonds is 3. The first-order valence-corrected chi connectivity index (χ1v) is 7.85. The van der Waals surface area contributed by atoms with Gasteiger partial charge in [-0.3, -0.25) is 9.59 Å². The van der Waals surface area contributed by atoms with Crippen LogP contribution in [0.3, 0.4) is 0 Å². The Morgan fingerprint density at radius 3 is 2.91 bits per heavy atom. The number of nitrogens with zero attached hydrogens (tertiary/aromatic N) is 1. The summed E-state index contributed by atoms with van der Waals surface area (Å²) in [6.07, 6.45) is 2.02. The van der Waals surface area contributed by atoms with Crippen molar-refractivity contribution in [2.45, 2.75) is 12.5 Å². The highest BCUT2D eigenvalue weighted by Crippen LogP contribution is 2.19. The van der Waals surface area contributed by atoms with E-state index >= 15 is 0 Å². The van der Waals surface area contributed by atoms with Gasteiger partial charge in [0, 0.05) is 30.7 Å². The summed E-state index contributed by atoms with van der Waals surface area (Å²) in [6, 6.07) is 10.8. The second kappa shape index (κ2) is 6.98. The lowest BCUT2D eigenvalue weighted by atomic mass is 10.1. The molecule has 2 aromatic rings. The van der Waals surface area contributed by atoms with Gasteiger partial charge in [-0.2, -0.15) is 0 Å². The van der Waals surface area contributed by atoms with Crippen LogP contribution in [0.15, 0.2) is 47.4 Å². The maximum Gasteiger partial charge on any atom is 0.260 e. The van der Waals surface area contributed by atoms with Crippen molar-refractivity contribution in [3.05, 3.63) is 69.1 Å². The Labute approximate surface area is 138 Å². The maximum absolute atomic E-state index is 12.5. The van der Waals surface area contributed by atoms with Crippen LogP contribution in [0, 0.1) is 0 Å². The Morgan fingerprint density at radius 1 is 1.30 bits per heavy atom. The highest BCUT2D eigenvalue weighted by molar-refractivity contribution is 6.31. The molecule has 0 unspecified atom stereocenters. The number of amides is 1. The average molecular weight is 333 g/mol. The van der Waals surface area contributed by atoms with E-state index < -0.39 is 0 Å². The number of hydrogen-bond donors (Lipinski definition) is 1. The van der Waals surface area contributed by atoms with E-state index in [4.69, 9.17) is 16.3 Å². The monoisotopic (exact) mass is 332 g/mol. The van der Waals surface area contributed by atoms with Gasteiger partial charge in [0.25, 0.3) is 11.5 Å².